The molecule has 0 aliphatic carbocycles. The van der Waals surface area contributed by atoms with E-state index in [1.807, 2.05) is 36.4 Å². The van der Waals surface area contributed by atoms with Crippen molar-refractivity contribution >= 4 is 15.4 Å². The Balaban J connectivity index is 2.44. The summed E-state index contributed by atoms with van der Waals surface area (Å²) in [5.74, 6) is 0.110. The quantitative estimate of drug-likeness (QED) is 0.728. The van der Waals surface area contributed by atoms with Crippen molar-refractivity contribution in [2.75, 3.05) is 5.75 Å². The van der Waals surface area contributed by atoms with Crippen molar-refractivity contribution in [3.05, 3.63) is 53.0 Å². The van der Waals surface area contributed by atoms with Crippen LogP contribution in [-0.2, 0) is 9.84 Å². The average Bonchev–Trinajstić information content (AvgIpc) is 2.23. The largest absolute Gasteiger partial charge is 0.224 e. The lowest BCUT2D eigenvalue weighted by Crippen LogP contribution is -2.12. The first kappa shape index (κ1) is 10.2. The van der Waals surface area contributed by atoms with E-state index in [1.165, 1.54) is 0 Å². The summed E-state index contributed by atoms with van der Waals surface area (Å²) < 4.78 is 23.3. The summed E-state index contributed by atoms with van der Waals surface area (Å²) in [6.07, 6.45) is 3.55. The molecule has 0 saturated carbocycles. The monoisotopic (exact) mass is 220 g/mol. The van der Waals surface area contributed by atoms with E-state index >= 15 is 0 Å². The first-order valence-electron chi connectivity index (χ1n) is 4.75. The van der Waals surface area contributed by atoms with Crippen LogP contribution in [0.25, 0.3) is 5.57 Å². The van der Waals surface area contributed by atoms with Gasteiger partial charge in [-0.3, -0.25) is 0 Å². The van der Waals surface area contributed by atoms with Crippen LogP contribution in [0.1, 0.15) is 12.5 Å². The van der Waals surface area contributed by atoms with Gasteiger partial charge in [-0.25, -0.2) is 8.42 Å². The van der Waals surface area contributed by atoms with E-state index in [9.17, 15) is 8.42 Å². The molecule has 0 atom stereocenters. The summed E-state index contributed by atoms with van der Waals surface area (Å²) in [4.78, 5) is 0.446. The Morgan fingerprint density at radius 2 is 1.73 bits per heavy atom. The topological polar surface area (TPSA) is 34.1 Å². The van der Waals surface area contributed by atoms with E-state index in [0.717, 1.165) is 11.1 Å². The predicted octanol–water partition coefficient (Wildman–Crippen LogP) is 2.40. The molecule has 1 heterocycles. The Hall–Kier alpha value is -1.35. The third-order valence-corrected chi connectivity index (χ3v) is 4.31. The Bertz CT molecular complexity index is 522. The summed E-state index contributed by atoms with van der Waals surface area (Å²) in [6.45, 7) is 1.63. The van der Waals surface area contributed by atoms with Crippen molar-refractivity contribution < 1.29 is 8.42 Å². The third-order valence-electron chi connectivity index (χ3n) is 2.50. The molecule has 0 N–H and O–H groups in total. The number of benzene rings is 1. The molecule has 2 nitrogen and oxygen atoms in total. The Morgan fingerprint density at radius 3 is 2.33 bits per heavy atom. The van der Waals surface area contributed by atoms with Crippen LogP contribution in [0, 0.1) is 0 Å². The Labute approximate surface area is 89.9 Å². The fraction of sp³-hybridized carbons (Fsp3) is 0.167. The van der Waals surface area contributed by atoms with Gasteiger partial charge in [0.25, 0.3) is 0 Å². The van der Waals surface area contributed by atoms with Crippen molar-refractivity contribution in [1.29, 1.82) is 0 Å². The van der Waals surface area contributed by atoms with Gasteiger partial charge >= 0.3 is 0 Å². The fourth-order valence-corrected chi connectivity index (χ4v) is 2.70. The normalized spacial score (nSPS) is 19.3. The highest BCUT2D eigenvalue weighted by molar-refractivity contribution is 7.95. The second kappa shape index (κ2) is 3.66. The Kier molecular flexibility index (Phi) is 2.49. The van der Waals surface area contributed by atoms with Crippen LogP contribution in [0.3, 0.4) is 0 Å². The van der Waals surface area contributed by atoms with Crippen molar-refractivity contribution in [2.24, 2.45) is 0 Å². The molecule has 0 unspecified atom stereocenters. The summed E-state index contributed by atoms with van der Waals surface area (Å²) in [5.41, 5.74) is 1.84. The van der Waals surface area contributed by atoms with Crippen LogP contribution in [0.2, 0.25) is 0 Å². The van der Waals surface area contributed by atoms with Crippen molar-refractivity contribution in [3.8, 4) is 0 Å². The highest BCUT2D eigenvalue weighted by Crippen LogP contribution is 2.24. The maximum absolute atomic E-state index is 11.7. The van der Waals surface area contributed by atoms with E-state index < -0.39 is 9.84 Å². The number of sulfone groups is 1. The highest BCUT2D eigenvalue weighted by Gasteiger charge is 2.19. The average molecular weight is 220 g/mol. The first-order chi connectivity index (χ1) is 7.09. The van der Waals surface area contributed by atoms with E-state index in [1.54, 1.807) is 13.0 Å². The van der Waals surface area contributed by atoms with Gasteiger partial charge in [0.15, 0.2) is 9.84 Å². The van der Waals surface area contributed by atoms with Crippen molar-refractivity contribution in [2.45, 2.75) is 6.92 Å². The van der Waals surface area contributed by atoms with Gasteiger partial charge in [-0.2, -0.15) is 0 Å². The molecule has 0 spiro atoms. The lowest BCUT2D eigenvalue weighted by Gasteiger charge is -2.12. The zero-order valence-corrected chi connectivity index (χ0v) is 9.29. The molecule has 1 aliphatic heterocycles. The van der Waals surface area contributed by atoms with Gasteiger partial charge in [0.1, 0.15) is 0 Å². The zero-order valence-electron chi connectivity index (χ0n) is 8.47. The highest BCUT2D eigenvalue weighted by atomic mass is 32.2. The molecule has 78 valence electrons. The van der Waals surface area contributed by atoms with Crippen LogP contribution >= 0.6 is 0 Å². The Morgan fingerprint density at radius 1 is 1.07 bits per heavy atom. The standard InChI is InChI=1S/C12H12O2S/c1-10-7-8-12(9-15(10,13)14)11-5-3-2-4-6-11/h2-8H,9H2,1H3. The van der Waals surface area contributed by atoms with Gasteiger partial charge in [0.05, 0.1) is 5.75 Å². The predicted molar refractivity (Wildman–Crippen MR) is 62.0 cm³/mol. The molecular weight excluding hydrogens is 208 g/mol. The van der Waals surface area contributed by atoms with Crippen LogP contribution in [0.15, 0.2) is 47.4 Å². The molecule has 0 fully saturated rings. The minimum Gasteiger partial charge on any atom is -0.224 e. The number of hydrogen-bond acceptors (Lipinski definition) is 2. The number of allylic oxidation sites excluding steroid dienone is 3. The van der Waals surface area contributed by atoms with Crippen molar-refractivity contribution in [1.82, 2.24) is 0 Å². The SMILES string of the molecule is CC1=CC=C(c2ccccc2)CS1(=O)=O. The van der Waals surface area contributed by atoms with E-state index in [-0.39, 0.29) is 5.75 Å². The van der Waals surface area contributed by atoms with Crippen LogP contribution in [-0.4, -0.2) is 14.2 Å². The van der Waals surface area contributed by atoms with Crippen molar-refractivity contribution in [3.63, 3.8) is 0 Å². The maximum atomic E-state index is 11.7. The molecule has 0 saturated heterocycles. The molecule has 0 amide bonds. The van der Waals surface area contributed by atoms with Crippen LogP contribution in [0.5, 0.6) is 0 Å². The summed E-state index contributed by atoms with van der Waals surface area (Å²) >= 11 is 0. The molecule has 1 aliphatic rings. The minimum absolute atomic E-state index is 0.110. The molecular formula is C12H12O2S. The lowest BCUT2D eigenvalue weighted by molar-refractivity contribution is 0.605. The second-order valence-electron chi connectivity index (χ2n) is 3.59. The van der Waals surface area contributed by atoms with Crippen LogP contribution in [0.4, 0.5) is 0 Å². The fourth-order valence-electron chi connectivity index (χ4n) is 1.52. The van der Waals surface area contributed by atoms with Gasteiger partial charge in [-0.15, -0.1) is 0 Å². The lowest BCUT2D eigenvalue weighted by atomic mass is 10.1. The third kappa shape index (κ3) is 2.02. The van der Waals surface area contributed by atoms with E-state index in [4.69, 9.17) is 0 Å². The molecule has 1 aromatic rings. The molecule has 0 aromatic heterocycles. The van der Waals surface area contributed by atoms with Gasteiger partial charge in [-0.1, -0.05) is 36.4 Å². The minimum atomic E-state index is -3.07. The molecule has 2 rings (SSSR count). The van der Waals surface area contributed by atoms with Gasteiger partial charge in [0, 0.05) is 4.91 Å². The molecule has 3 heteroatoms. The smallest absolute Gasteiger partial charge is 0.178 e. The molecule has 15 heavy (non-hydrogen) atoms. The molecule has 0 bridgehead atoms. The number of rotatable bonds is 1. The van der Waals surface area contributed by atoms with Gasteiger partial charge < -0.3 is 0 Å². The van der Waals surface area contributed by atoms with Crippen LogP contribution < -0.4 is 0 Å². The summed E-state index contributed by atoms with van der Waals surface area (Å²) in [6, 6.07) is 9.59. The van der Waals surface area contributed by atoms with E-state index in [2.05, 4.69) is 0 Å². The second-order valence-corrected chi connectivity index (χ2v) is 5.76. The first-order valence-corrected chi connectivity index (χ1v) is 6.40. The van der Waals surface area contributed by atoms with E-state index in [0.29, 0.717) is 4.91 Å². The van der Waals surface area contributed by atoms with Gasteiger partial charge in [0.2, 0.25) is 0 Å². The maximum Gasteiger partial charge on any atom is 0.178 e. The summed E-state index contributed by atoms with van der Waals surface area (Å²) in [7, 11) is -3.07. The zero-order chi connectivity index (χ0) is 10.9. The molecule has 0 radical (unpaired) electrons. The summed E-state index contributed by atoms with van der Waals surface area (Å²) in [5, 5.41) is 0. The van der Waals surface area contributed by atoms with Gasteiger partial charge in [-0.05, 0) is 24.1 Å². The number of hydrogen-bond donors (Lipinski definition) is 0. The molecule has 1 aromatic carbocycles.